The van der Waals surface area contributed by atoms with Gasteiger partial charge in [0.25, 0.3) is 0 Å². The zero-order valence-corrected chi connectivity index (χ0v) is 16.1. The quantitative estimate of drug-likeness (QED) is 0.545. The number of hydrogen-bond acceptors (Lipinski definition) is 6. The lowest BCUT2D eigenvalue weighted by Crippen LogP contribution is -2.44. The molecular formula is C20H30N2O5. The highest BCUT2D eigenvalue weighted by Gasteiger charge is 2.18. The number of hydrogen-bond donors (Lipinski definition) is 0. The molecule has 2 rings (SSSR count). The third-order valence-electron chi connectivity index (χ3n) is 4.36. The zero-order chi connectivity index (χ0) is 19.3. The fourth-order valence-corrected chi connectivity index (χ4v) is 2.84. The average molecular weight is 378 g/mol. The number of esters is 1. The van der Waals surface area contributed by atoms with Crippen LogP contribution >= 0.6 is 0 Å². The maximum atomic E-state index is 12.6. The van der Waals surface area contributed by atoms with E-state index in [1.165, 1.54) is 0 Å². The maximum Gasteiger partial charge on any atom is 0.307 e. The Morgan fingerprint density at radius 1 is 1.11 bits per heavy atom. The second kappa shape index (κ2) is 12.3. The van der Waals surface area contributed by atoms with Gasteiger partial charge in [-0.1, -0.05) is 18.2 Å². The van der Waals surface area contributed by atoms with E-state index in [1.54, 1.807) is 11.8 Å². The summed E-state index contributed by atoms with van der Waals surface area (Å²) in [6, 6.07) is 9.43. The number of nitrogens with zero attached hydrogens (tertiary/aromatic N) is 2. The molecule has 1 aromatic carbocycles. The van der Waals surface area contributed by atoms with Gasteiger partial charge in [-0.3, -0.25) is 14.5 Å². The van der Waals surface area contributed by atoms with Crippen LogP contribution in [0.4, 0.5) is 0 Å². The van der Waals surface area contributed by atoms with Gasteiger partial charge < -0.3 is 19.1 Å². The minimum atomic E-state index is -0.276. The van der Waals surface area contributed by atoms with Crippen LogP contribution in [0, 0.1) is 0 Å². The summed E-state index contributed by atoms with van der Waals surface area (Å²) in [6.07, 6.45) is 0.489. The smallest absolute Gasteiger partial charge is 0.307 e. The van der Waals surface area contributed by atoms with Crippen molar-refractivity contribution >= 4 is 11.9 Å². The molecule has 0 spiro atoms. The standard InChI is InChI=1S/C20H30N2O5/c1-2-26-20(24)8-10-22(12-11-21-13-16-25-17-14-21)19(23)9-15-27-18-6-4-3-5-7-18/h3-7H,2,8-17H2,1H3. The van der Waals surface area contributed by atoms with Crippen LogP contribution in [-0.4, -0.2) is 80.8 Å². The SMILES string of the molecule is CCOC(=O)CCN(CCN1CCOCC1)C(=O)CCOc1ccccc1. The van der Waals surface area contributed by atoms with E-state index in [9.17, 15) is 9.59 Å². The monoisotopic (exact) mass is 378 g/mol. The number of carbonyl (C=O) groups is 2. The van der Waals surface area contributed by atoms with Crippen molar-refractivity contribution in [1.82, 2.24) is 9.80 Å². The first kappa shape index (κ1) is 21.2. The second-order valence-electron chi connectivity index (χ2n) is 6.30. The van der Waals surface area contributed by atoms with Crippen molar-refractivity contribution in [2.75, 3.05) is 59.2 Å². The van der Waals surface area contributed by atoms with Crippen LogP contribution in [-0.2, 0) is 19.1 Å². The van der Waals surface area contributed by atoms with E-state index in [1.807, 2.05) is 30.3 Å². The first-order valence-electron chi connectivity index (χ1n) is 9.60. The van der Waals surface area contributed by atoms with E-state index < -0.39 is 0 Å². The lowest BCUT2D eigenvalue weighted by atomic mass is 10.3. The average Bonchev–Trinajstić information content (AvgIpc) is 2.69. The molecular weight excluding hydrogens is 348 g/mol. The number of amides is 1. The summed E-state index contributed by atoms with van der Waals surface area (Å²) < 4.78 is 16.0. The lowest BCUT2D eigenvalue weighted by Gasteiger charge is -2.30. The molecule has 0 saturated carbocycles. The van der Waals surface area contributed by atoms with Gasteiger partial charge in [-0.15, -0.1) is 0 Å². The zero-order valence-electron chi connectivity index (χ0n) is 16.1. The Kier molecular flexibility index (Phi) is 9.65. The number of rotatable bonds is 11. The summed E-state index contributed by atoms with van der Waals surface area (Å²) in [5.41, 5.74) is 0. The molecule has 0 aromatic heterocycles. The number of carbonyl (C=O) groups excluding carboxylic acids is 2. The molecule has 0 N–H and O–H groups in total. The number of morpholine rings is 1. The first-order valence-corrected chi connectivity index (χ1v) is 9.60. The molecule has 150 valence electrons. The van der Waals surface area contributed by atoms with Crippen LogP contribution in [0.2, 0.25) is 0 Å². The third-order valence-corrected chi connectivity index (χ3v) is 4.36. The molecule has 0 bridgehead atoms. The van der Waals surface area contributed by atoms with Gasteiger partial charge in [0.15, 0.2) is 0 Å². The Morgan fingerprint density at radius 3 is 2.56 bits per heavy atom. The summed E-state index contributed by atoms with van der Waals surface area (Å²) in [6.45, 7) is 7.37. The van der Waals surface area contributed by atoms with E-state index in [-0.39, 0.29) is 24.7 Å². The topological polar surface area (TPSA) is 68.3 Å². The molecule has 1 fully saturated rings. The van der Waals surface area contributed by atoms with Gasteiger partial charge in [-0.2, -0.15) is 0 Å². The molecule has 0 atom stereocenters. The lowest BCUT2D eigenvalue weighted by molar-refractivity contribution is -0.144. The molecule has 7 nitrogen and oxygen atoms in total. The van der Waals surface area contributed by atoms with E-state index in [0.717, 1.165) is 38.6 Å². The largest absolute Gasteiger partial charge is 0.493 e. The van der Waals surface area contributed by atoms with Crippen molar-refractivity contribution in [2.24, 2.45) is 0 Å². The van der Waals surface area contributed by atoms with Crippen molar-refractivity contribution < 1.29 is 23.8 Å². The number of benzene rings is 1. The van der Waals surface area contributed by atoms with E-state index in [4.69, 9.17) is 14.2 Å². The van der Waals surface area contributed by atoms with Gasteiger partial charge in [-0.05, 0) is 19.1 Å². The van der Waals surface area contributed by atoms with Crippen molar-refractivity contribution in [3.05, 3.63) is 30.3 Å². The first-order chi connectivity index (χ1) is 13.2. The highest BCUT2D eigenvalue weighted by molar-refractivity contribution is 5.77. The van der Waals surface area contributed by atoms with Gasteiger partial charge in [0.1, 0.15) is 5.75 Å². The number of ether oxygens (including phenoxy) is 3. The number of para-hydroxylation sites is 1. The van der Waals surface area contributed by atoms with E-state index >= 15 is 0 Å². The Labute approximate surface area is 161 Å². The maximum absolute atomic E-state index is 12.6. The molecule has 1 amide bonds. The molecule has 1 aliphatic rings. The molecule has 27 heavy (non-hydrogen) atoms. The normalized spacial score (nSPS) is 14.6. The minimum Gasteiger partial charge on any atom is -0.493 e. The summed E-state index contributed by atoms with van der Waals surface area (Å²) >= 11 is 0. The Balaban J connectivity index is 1.80. The molecule has 1 aromatic rings. The predicted octanol–water partition coefficient (Wildman–Crippen LogP) is 1.57. The highest BCUT2D eigenvalue weighted by Crippen LogP contribution is 2.09. The van der Waals surface area contributed by atoms with Gasteiger partial charge in [0.2, 0.25) is 5.91 Å². The Morgan fingerprint density at radius 2 is 1.85 bits per heavy atom. The van der Waals surface area contributed by atoms with Gasteiger partial charge in [0, 0.05) is 32.7 Å². The van der Waals surface area contributed by atoms with Crippen LogP contribution < -0.4 is 4.74 Å². The van der Waals surface area contributed by atoms with Crippen molar-refractivity contribution in [1.29, 1.82) is 0 Å². The van der Waals surface area contributed by atoms with Crippen LogP contribution in [0.25, 0.3) is 0 Å². The van der Waals surface area contributed by atoms with Gasteiger partial charge >= 0.3 is 5.97 Å². The van der Waals surface area contributed by atoms with E-state index in [2.05, 4.69) is 4.90 Å². The van der Waals surface area contributed by atoms with Gasteiger partial charge in [0.05, 0.1) is 39.3 Å². The third kappa shape index (κ3) is 8.41. The molecule has 0 radical (unpaired) electrons. The summed E-state index contributed by atoms with van der Waals surface area (Å²) in [7, 11) is 0. The summed E-state index contributed by atoms with van der Waals surface area (Å²) in [5, 5.41) is 0. The minimum absolute atomic E-state index is 0.0107. The van der Waals surface area contributed by atoms with Crippen LogP contribution in [0.3, 0.4) is 0 Å². The fraction of sp³-hybridized carbons (Fsp3) is 0.600. The van der Waals surface area contributed by atoms with E-state index in [0.29, 0.717) is 26.3 Å². The second-order valence-corrected chi connectivity index (χ2v) is 6.30. The van der Waals surface area contributed by atoms with Crippen molar-refractivity contribution in [3.63, 3.8) is 0 Å². The predicted molar refractivity (Wildman–Crippen MR) is 102 cm³/mol. The molecule has 1 saturated heterocycles. The Bertz CT molecular complexity index is 561. The van der Waals surface area contributed by atoms with Gasteiger partial charge in [-0.25, -0.2) is 0 Å². The molecule has 1 aliphatic heterocycles. The Hall–Kier alpha value is -2.12. The molecule has 7 heteroatoms. The molecule has 1 heterocycles. The highest BCUT2D eigenvalue weighted by atomic mass is 16.5. The summed E-state index contributed by atoms with van der Waals surface area (Å²) in [5.74, 6) is 0.461. The summed E-state index contributed by atoms with van der Waals surface area (Å²) in [4.78, 5) is 28.3. The molecule has 0 unspecified atom stereocenters. The van der Waals surface area contributed by atoms with Crippen molar-refractivity contribution in [3.8, 4) is 5.75 Å². The van der Waals surface area contributed by atoms with Crippen LogP contribution in [0.5, 0.6) is 5.75 Å². The fourth-order valence-electron chi connectivity index (χ4n) is 2.84. The van der Waals surface area contributed by atoms with Crippen LogP contribution in [0.15, 0.2) is 30.3 Å². The van der Waals surface area contributed by atoms with Crippen LogP contribution in [0.1, 0.15) is 19.8 Å². The molecule has 0 aliphatic carbocycles. The van der Waals surface area contributed by atoms with Crippen molar-refractivity contribution in [2.45, 2.75) is 19.8 Å².